The van der Waals surface area contributed by atoms with Crippen LogP contribution in [0, 0.1) is 23.1 Å². The number of aromatic nitrogens is 4. The molecule has 1 fully saturated rings. The Morgan fingerprint density at radius 2 is 1.80 bits per heavy atom. The Hall–Kier alpha value is -5.04. The zero-order valence-electron chi connectivity index (χ0n) is 22.7. The molecule has 1 aliphatic rings. The number of ether oxygens (including phenoxy) is 2. The van der Waals surface area contributed by atoms with Crippen LogP contribution in [0.3, 0.4) is 0 Å². The first-order chi connectivity index (χ1) is 20.0. The second kappa shape index (κ2) is 10.8. The van der Waals surface area contributed by atoms with Gasteiger partial charge in [0.1, 0.15) is 41.4 Å². The molecule has 0 unspecified atom stereocenters. The molecule has 0 aliphatic carbocycles. The van der Waals surface area contributed by atoms with Crippen LogP contribution in [0.15, 0.2) is 71.9 Å². The van der Waals surface area contributed by atoms with E-state index in [9.17, 15) is 14.4 Å². The number of para-hydroxylation sites is 1. The highest BCUT2D eigenvalue weighted by atomic mass is 19.1. The minimum absolute atomic E-state index is 0.102. The van der Waals surface area contributed by atoms with Crippen molar-refractivity contribution >= 4 is 27.6 Å². The Kier molecular flexibility index (Phi) is 6.93. The van der Waals surface area contributed by atoms with Crippen molar-refractivity contribution in [2.45, 2.75) is 19.4 Å². The van der Waals surface area contributed by atoms with Crippen molar-refractivity contribution in [1.82, 2.24) is 14.5 Å². The molecule has 206 valence electrons. The molecule has 9 nitrogen and oxygen atoms in total. The van der Waals surface area contributed by atoms with E-state index in [0.29, 0.717) is 29.2 Å². The fourth-order valence-electron chi connectivity index (χ4n) is 5.60. The van der Waals surface area contributed by atoms with Gasteiger partial charge in [0.2, 0.25) is 0 Å². The molecule has 0 radical (unpaired) electrons. The summed E-state index contributed by atoms with van der Waals surface area (Å²) >= 11 is 0. The van der Waals surface area contributed by atoms with E-state index < -0.39 is 5.82 Å². The summed E-state index contributed by atoms with van der Waals surface area (Å²) < 4.78 is 28.3. The van der Waals surface area contributed by atoms with Gasteiger partial charge >= 0.3 is 5.69 Å². The molecule has 2 aromatic heterocycles. The van der Waals surface area contributed by atoms with Crippen molar-refractivity contribution in [2.75, 3.05) is 32.2 Å². The van der Waals surface area contributed by atoms with Gasteiger partial charge in [-0.1, -0.05) is 12.1 Å². The Bertz CT molecular complexity index is 1870. The van der Waals surface area contributed by atoms with Crippen molar-refractivity contribution in [2.24, 2.45) is 5.92 Å². The number of rotatable bonds is 6. The summed E-state index contributed by atoms with van der Waals surface area (Å²) in [4.78, 5) is 25.1. The van der Waals surface area contributed by atoms with Crippen molar-refractivity contribution in [3.05, 3.63) is 89.0 Å². The SMILES string of the molecule is COc1cc2ncnc(N3CCC(C[n+]4cc5ccccc5n(-c5ccc(F)c(C#N)c5)c4=O)CC3)c2cc1OC. The van der Waals surface area contributed by atoms with Crippen molar-refractivity contribution in [3.63, 3.8) is 0 Å². The van der Waals surface area contributed by atoms with Crippen LogP contribution in [0.2, 0.25) is 0 Å². The van der Waals surface area contributed by atoms with Crippen LogP contribution < -0.4 is 24.6 Å². The zero-order chi connectivity index (χ0) is 28.5. The van der Waals surface area contributed by atoms with Crippen LogP contribution in [0.4, 0.5) is 10.2 Å². The predicted octanol–water partition coefficient (Wildman–Crippen LogP) is 4.17. The highest BCUT2D eigenvalue weighted by Crippen LogP contribution is 2.35. The van der Waals surface area contributed by atoms with E-state index in [-0.39, 0.29) is 17.2 Å². The summed E-state index contributed by atoms with van der Waals surface area (Å²) in [6, 6.07) is 17.4. The summed E-state index contributed by atoms with van der Waals surface area (Å²) in [5, 5.41) is 11.1. The number of hydrogen-bond acceptors (Lipinski definition) is 7. The highest BCUT2D eigenvalue weighted by molar-refractivity contribution is 5.92. The van der Waals surface area contributed by atoms with Crippen molar-refractivity contribution in [1.29, 1.82) is 5.26 Å². The second-order valence-corrected chi connectivity index (χ2v) is 10.1. The van der Waals surface area contributed by atoms with E-state index in [1.165, 1.54) is 18.2 Å². The lowest BCUT2D eigenvalue weighted by molar-refractivity contribution is -0.719. The van der Waals surface area contributed by atoms with E-state index in [1.54, 1.807) is 29.7 Å². The molecule has 41 heavy (non-hydrogen) atoms. The number of fused-ring (bicyclic) bond motifs is 2. The summed E-state index contributed by atoms with van der Waals surface area (Å²) in [6.07, 6.45) is 5.18. The number of methoxy groups -OCH3 is 2. The van der Waals surface area contributed by atoms with Crippen LogP contribution in [-0.2, 0) is 6.54 Å². The monoisotopic (exact) mass is 551 g/mol. The molecule has 6 rings (SSSR count). The normalized spacial score (nSPS) is 13.9. The molecule has 0 atom stereocenters. The molecular weight excluding hydrogens is 523 g/mol. The van der Waals surface area contributed by atoms with E-state index in [4.69, 9.17) is 9.47 Å². The fraction of sp³-hybridized carbons (Fsp3) is 0.258. The van der Waals surface area contributed by atoms with Crippen LogP contribution in [0.5, 0.6) is 11.5 Å². The average molecular weight is 552 g/mol. The minimum atomic E-state index is -0.613. The Balaban J connectivity index is 1.28. The molecule has 1 saturated heterocycles. The molecule has 0 bridgehead atoms. The van der Waals surface area contributed by atoms with Gasteiger partial charge in [-0.25, -0.2) is 14.4 Å². The number of piperidine rings is 1. The van der Waals surface area contributed by atoms with Crippen molar-refractivity contribution < 1.29 is 18.4 Å². The van der Waals surface area contributed by atoms with Crippen LogP contribution in [-0.4, -0.2) is 41.8 Å². The van der Waals surface area contributed by atoms with Gasteiger partial charge in [0.15, 0.2) is 11.5 Å². The van der Waals surface area contributed by atoms with Crippen LogP contribution in [0.1, 0.15) is 18.4 Å². The second-order valence-electron chi connectivity index (χ2n) is 10.1. The molecule has 10 heteroatoms. The Labute approximate surface area is 235 Å². The Morgan fingerprint density at radius 3 is 2.56 bits per heavy atom. The Morgan fingerprint density at radius 1 is 1.05 bits per heavy atom. The van der Waals surface area contributed by atoms with Crippen LogP contribution >= 0.6 is 0 Å². The van der Waals surface area contributed by atoms with Gasteiger partial charge in [0, 0.05) is 36.5 Å². The van der Waals surface area contributed by atoms with Gasteiger partial charge in [-0.2, -0.15) is 19.2 Å². The highest BCUT2D eigenvalue weighted by Gasteiger charge is 2.27. The topological polar surface area (TPSA) is 97.2 Å². The minimum Gasteiger partial charge on any atom is -0.493 e. The fourth-order valence-corrected chi connectivity index (χ4v) is 5.60. The maximum atomic E-state index is 14.1. The van der Waals surface area contributed by atoms with Gasteiger partial charge < -0.3 is 14.4 Å². The molecular formula is C31H28FN6O3+. The number of benzene rings is 3. The molecule has 0 amide bonds. The number of hydrogen-bond donors (Lipinski definition) is 0. The summed E-state index contributed by atoms with van der Waals surface area (Å²) in [5.41, 5.74) is 1.60. The largest absolute Gasteiger partial charge is 0.503 e. The van der Waals surface area contributed by atoms with Gasteiger partial charge in [-0.05, 0) is 43.2 Å². The van der Waals surface area contributed by atoms with E-state index in [0.717, 1.165) is 48.0 Å². The average Bonchev–Trinajstić information content (AvgIpc) is 3.01. The van der Waals surface area contributed by atoms with Gasteiger partial charge in [0.05, 0.1) is 37.2 Å². The van der Waals surface area contributed by atoms with E-state index in [2.05, 4.69) is 14.9 Å². The number of anilines is 1. The molecule has 0 saturated carbocycles. The molecule has 3 heterocycles. The smallest absolute Gasteiger partial charge is 0.493 e. The third-order valence-electron chi connectivity index (χ3n) is 7.73. The lowest BCUT2D eigenvalue weighted by atomic mass is 9.96. The third-order valence-corrected chi connectivity index (χ3v) is 7.73. The standard InChI is InChI=1S/C31H28FN6O3/c1-40-28-14-24-26(15-29(28)41-2)34-19-35-30(24)36-11-9-20(10-12-36)17-37-18-21-5-3-4-6-27(21)38(31(37)39)23-7-8-25(32)22(13-23)16-33/h3-8,13-15,18-20H,9-12,17H2,1-2H3/q+1. The lowest BCUT2D eigenvalue weighted by Crippen LogP contribution is -2.56. The summed E-state index contributed by atoms with van der Waals surface area (Å²) in [5.74, 6) is 1.74. The van der Waals surface area contributed by atoms with Gasteiger partial charge in [-0.3, -0.25) is 0 Å². The van der Waals surface area contributed by atoms with Crippen molar-refractivity contribution in [3.8, 4) is 23.3 Å². The molecule has 1 aliphatic heterocycles. The van der Waals surface area contributed by atoms with Crippen LogP contribution in [0.25, 0.3) is 27.5 Å². The zero-order valence-corrected chi connectivity index (χ0v) is 22.7. The first kappa shape index (κ1) is 26.2. The molecule has 3 aromatic carbocycles. The number of nitrogens with zero attached hydrogens (tertiary/aromatic N) is 6. The quantitative estimate of drug-likeness (QED) is 0.292. The summed E-state index contributed by atoms with van der Waals surface area (Å²) in [6.45, 7) is 2.09. The first-order valence-corrected chi connectivity index (χ1v) is 13.4. The molecule has 0 N–H and O–H groups in total. The summed E-state index contributed by atoms with van der Waals surface area (Å²) in [7, 11) is 3.21. The maximum absolute atomic E-state index is 14.1. The third kappa shape index (κ3) is 4.80. The van der Waals surface area contributed by atoms with E-state index >= 15 is 0 Å². The number of nitriles is 1. The van der Waals surface area contributed by atoms with Gasteiger partial charge in [-0.15, -0.1) is 0 Å². The molecule has 0 spiro atoms. The van der Waals surface area contributed by atoms with E-state index in [1.807, 2.05) is 48.7 Å². The molecule has 5 aromatic rings. The predicted molar refractivity (Wildman–Crippen MR) is 152 cm³/mol. The lowest BCUT2D eigenvalue weighted by Gasteiger charge is -2.32. The maximum Gasteiger partial charge on any atom is 0.503 e. The van der Waals surface area contributed by atoms with Gasteiger partial charge in [0.25, 0.3) is 0 Å². The first-order valence-electron chi connectivity index (χ1n) is 13.4. The number of halogens is 1.